The average Bonchev–Trinajstić information content (AvgIpc) is 2.88. The first-order valence-electron chi connectivity index (χ1n) is 7.27. The second kappa shape index (κ2) is 7.70. The Balaban J connectivity index is 1.73. The zero-order valence-electron chi connectivity index (χ0n) is 12.4. The van der Waals surface area contributed by atoms with Crippen LogP contribution in [-0.2, 0) is 13.1 Å². The van der Waals surface area contributed by atoms with Gasteiger partial charge in [0.05, 0.1) is 0 Å². The van der Waals surface area contributed by atoms with Crippen LogP contribution in [0.4, 0.5) is 5.95 Å². The summed E-state index contributed by atoms with van der Waals surface area (Å²) in [7, 11) is 2.17. The molecule has 1 aromatic heterocycles. The first kappa shape index (κ1) is 14.6. The van der Waals surface area contributed by atoms with E-state index in [2.05, 4.69) is 64.1 Å². The molecule has 0 aliphatic rings. The standard InChI is InChI=1S/C16H24N4/c1-3-17-16-18-10-13-20(16)12-7-11-19(2)14-15-8-5-4-6-9-15/h4-6,8-10,13H,3,7,11-12,14H2,1-2H3,(H,17,18). The van der Waals surface area contributed by atoms with E-state index in [1.165, 1.54) is 5.56 Å². The normalized spacial score (nSPS) is 10.9. The number of imidazole rings is 1. The highest BCUT2D eigenvalue weighted by Crippen LogP contribution is 2.07. The van der Waals surface area contributed by atoms with Crippen molar-refractivity contribution in [1.82, 2.24) is 14.5 Å². The molecular formula is C16H24N4. The van der Waals surface area contributed by atoms with Crippen molar-refractivity contribution in [2.75, 3.05) is 25.5 Å². The van der Waals surface area contributed by atoms with Crippen LogP contribution < -0.4 is 5.32 Å². The molecule has 0 radical (unpaired) electrons. The van der Waals surface area contributed by atoms with Crippen molar-refractivity contribution < 1.29 is 0 Å². The number of hydrogen-bond acceptors (Lipinski definition) is 3. The van der Waals surface area contributed by atoms with Crippen LogP contribution >= 0.6 is 0 Å². The molecule has 108 valence electrons. The smallest absolute Gasteiger partial charge is 0.202 e. The number of aryl methyl sites for hydroxylation is 1. The van der Waals surface area contributed by atoms with Crippen LogP contribution in [-0.4, -0.2) is 34.6 Å². The van der Waals surface area contributed by atoms with Crippen LogP contribution in [0.25, 0.3) is 0 Å². The third-order valence-corrected chi connectivity index (χ3v) is 3.28. The molecular weight excluding hydrogens is 248 g/mol. The van der Waals surface area contributed by atoms with Crippen molar-refractivity contribution in [2.45, 2.75) is 26.4 Å². The van der Waals surface area contributed by atoms with E-state index in [4.69, 9.17) is 0 Å². The highest BCUT2D eigenvalue weighted by Gasteiger charge is 2.03. The maximum Gasteiger partial charge on any atom is 0.202 e. The number of hydrogen-bond donors (Lipinski definition) is 1. The van der Waals surface area contributed by atoms with E-state index < -0.39 is 0 Å². The topological polar surface area (TPSA) is 33.1 Å². The lowest BCUT2D eigenvalue weighted by atomic mass is 10.2. The van der Waals surface area contributed by atoms with Gasteiger partial charge in [0, 0.05) is 32.0 Å². The number of nitrogens with zero attached hydrogens (tertiary/aromatic N) is 3. The Labute approximate surface area is 121 Å². The molecule has 0 bridgehead atoms. The molecule has 0 aliphatic carbocycles. The molecule has 0 spiro atoms. The maximum atomic E-state index is 4.31. The Morgan fingerprint density at radius 2 is 2.05 bits per heavy atom. The quantitative estimate of drug-likeness (QED) is 0.802. The van der Waals surface area contributed by atoms with Crippen LogP contribution in [0.2, 0.25) is 0 Å². The zero-order chi connectivity index (χ0) is 14.2. The summed E-state index contributed by atoms with van der Waals surface area (Å²) in [6.45, 7) is 6.09. The summed E-state index contributed by atoms with van der Waals surface area (Å²) in [5, 5.41) is 3.27. The summed E-state index contributed by atoms with van der Waals surface area (Å²) in [5.41, 5.74) is 1.37. The van der Waals surface area contributed by atoms with Crippen LogP contribution in [0.5, 0.6) is 0 Å². The predicted molar refractivity (Wildman–Crippen MR) is 83.8 cm³/mol. The molecule has 2 rings (SSSR count). The Morgan fingerprint density at radius 1 is 1.25 bits per heavy atom. The highest BCUT2D eigenvalue weighted by atomic mass is 15.2. The fourth-order valence-electron chi connectivity index (χ4n) is 2.30. The van der Waals surface area contributed by atoms with Gasteiger partial charge < -0.3 is 14.8 Å². The Hall–Kier alpha value is -1.81. The van der Waals surface area contributed by atoms with E-state index in [-0.39, 0.29) is 0 Å². The Bertz CT molecular complexity index is 492. The molecule has 2 aromatic rings. The Kier molecular flexibility index (Phi) is 5.62. The third kappa shape index (κ3) is 4.38. The summed E-state index contributed by atoms with van der Waals surface area (Å²) in [5.74, 6) is 0.971. The minimum absolute atomic E-state index is 0.908. The van der Waals surface area contributed by atoms with Gasteiger partial charge in [-0.3, -0.25) is 0 Å². The van der Waals surface area contributed by atoms with Crippen molar-refractivity contribution in [3.8, 4) is 0 Å². The average molecular weight is 272 g/mol. The highest BCUT2D eigenvalue weighted by molar-refractivity contribution is 5.25. The molecule has 4 nitrogen and oxygen atoms in total. The van der Waals surface area contributed by atoms with Crippen molar-refractivity contribution >= 4 is 5.95 Å². The van der Waals surface area contributed by atoms with Crippen molar-refractivity contribution in [3.63, 3.8) is 0 Å². The minimum atomic E-state index is 0.908. The number of benzene rings is 1. The molecule has 0 saturated heterocycles. The fraction of sp³-hybridized carbons (Fsp3) is 0.438. The van der Waals surface area contributed by atoms with Gasteiger partial charge in [0.1, 0.15) is 0 Å². The maximum absolute atomic E-state index is 4.31. The SMILES string of the molecule is CCNc1nccn1CCCN(C)Cc1ccccc1. The van der Waals surface area contributed by atoms with E-state index in [1.807, 2.05) is 12.4 Å². The van der Waals surface area contributed by atoms with Gasteiger partial charge in [-0.2, -0.15) is 0 Å². The first-order chi connectivity index (χ1) is 9.79. The number of rotatable bonds is 8. The van der Waals surface area contributed by atoms with Crippen molar-refractivity contribution in [1.29, 1.82) is 0 Å². The van der Waals surface area contributed by atoms with Crippen LogP contribution in [0.15, 0.2) is 42.7 Å². The van der Waals surface area contributed by atoms with E-state index in [0.29, 0.717) is 0 Å². The zero-order valence-corrected chi connectivity index (χ0v) is 12.4. The lowest BCUT2D eigenvalue weighted by Crippen LogP contribution is -2.20. The summed E-state index contributed by atoms with van der Waals surface area (Å²) in [6, 6.07) is 10.6. The summed E-state index contributed by atoms with van der Waals surface area (Å²) in [4.78, 5) is 6.67. The molecule has 1 aromatic carbocycles. The molecule has 0 amide bonds. The third-order valence-electron chi connectivity index (χ3n) is 3.28. The second-order valence-electron chi connectivity index (χ2n) is 5.05. The second-order valence-corrected chi connectivity index (χ2v) is 5.05. The van der Waals surface area contributed by atoms with E-state index >= 15 is 0 Å². The van der Waals surface area contributed by atoms with E-state index in [9.17, 15) is 0 Å². The van der Waals surface area contributed by atoms with Gasteiger partial charge in [-0.05, 0) is 32.5 Å². The molecule has 0 atom stereocenters. The van der Waals surface area contributed by atoms with Gasteiger partial charge in [-0.15, -0.1) is 0 Å². The summed E-state index contributed by atoms with van der Waals surface area (Å²) in [6.07, 6.45) is 5.01. The molecule has 0 saturated carbocycles. The van der Waals surface area contributed by atoms with Crippen LogP contribution in [0.1, 0.15) is 18.9 Å². The molecule has 20 heavy (non-hydrogen) atoms. The summed E-state index contributed by atoms with van der Waals surface area (Å²) >= 11 is 0. The van der Waals surface area contributed by atoms with E-state index in [0.717, 1.165) is 38.5 Å². The van der Waals surface area contributed by atoms with Gasteiger partial charge in [-0.1, -0.05) is 30.3 Å². The number of nitrogens with one attached hydrogen (secondary N) is 1. The molecule has 1 heterocycles. The number of anilines is 1. The van der Waals surface area contributed by atoms with Gasteiger partial charge in [0.25, 0.3) is 0 Å². The predicted octanol–water partition coefficient (Wildman–Crippen LogP) is 2.84. The lowest BCUT2D eigenvalue weighted by Gasteiger charge is -2.17. The van der Waals surface area contributed by atoms with Crippen LogP contribution in [0.3, 0.4) is 0 Å². The molecule has 0 fully saturated rings. The largest absolute Gasteiger partial charge is 0.356 e. The molecule has 0 aliphatic heterocycles. The summed E-state index contributed by atoms with van der Waals surface area (Å²) < 4.78 is 2.18. The first-order valence-corrected chi connectivity index (χ1v) is 7.27. The van der Waals surface area contributed by atoms with Crippen molar-refractivity contribution in [3.05, 3.63) is 48.3 Å². The van der Waals surface area contributed by atoms with Gasteiger partial charge >= 0.3 is 0 Å². The van der Waals surface area contributed by atoms with Gasteiger partial charge in [0.2, 0.25) is 5.95 Å². The molecule has 4 heteroatoms. The number of aromatic nitrogens is 2. The lowest BCUT2D eigenvalue weighted by molar-refractivity contribution is 0.314. The van der Waals surface area contributed by atoms with Gasteiger partial charge in [0.15, 0.2) is 0 Å². The minimum Gasteiger partial charge on any atom is -0.356 e. The van der Waals surface area contributed by atoms with Crippen LogP contribution in [0, 0.1) is 0 Å². The molecule has 0 unspecified atom stereocenters. The van der Waals surface area contributed by atoms with E-state index in [1.54, 1.807) is 0 Å². The Morgan fingerprint density at radius 3 is 2.80 bits per heavy atom. The monoisotopic (exact) mass is 272 g/mol. The fourth-order valence-corrected chi connectivity index (χ4v) is 2.30. The molecule has 1 N–H and O–H groups in total. The van der Waals surface area contributed by atoms with Gasteiger partial charge in [-0.25, -0.2) is 4.98 Å². The van der Waals surface area contributed by atoms with Crippen molar-refractivity contribution in [2.24, 2.45) is 0 Å².